The van der Waals surface area contributed by atoms with Crippen LogP contribution >= 0.6 is 0 Å². The summed E-state index contributed by atoms with van der Waals surface area (Å²) in [5, 5.41) is 9.09. The van der Waals surface area contributed by atoms with Crippen molar-refractivity contribution in [2.24, 2.45) is 17.3 Å². The Balaban J connectivity index is 2.65. The van der Waals surface area contributed by atoms with E-state index in [1.165, 1.54) is 0 Å². The molecule has 2 nitrogen and oxygen atoms in total. The molecule has 2 heteroatoms. The van der Waals surface area contributed by atoms with Gasteiger partial charge in [0.2, 0.25) is 0 Å². The molecule has 13 heavy (non-hydrogen) atoms. The highest BCUT2D eigenvalue weighted by atomic mass is 16.3. The highest BCUT2D eigenvalue weighted by Gasteiger charge is 2.38. The average molecular weight is 184 g/mol. The minimum atomic E-state index is -0.221. The maximum Gasteiger partial charge on any atom is 0.126 e. The molecule has 1 N–H and O–H groups in total. The van der Waals surface area contributed by atoms with Crippen LogP contribution in [-0.4, -0.2) is 18.0 Å². The van der Waals surface area contributed by atoms with Crippen LogP contribution in [0.15, 0.2) is 0 Å². The van der Waals surface area contributed by atoms with Crippen molar-refractivity contribution in [3.05, 3.63) is 0 Å². The van der Waals surface area contributed by atoms with Crippen molar-refractivity contribution >= 4 is 6.29 Å². The molecule has 0 aliphatic heterocycles. The molecule has 1 rings (SSSR count). The molecule has 0 radical (unpaired) electrons. The third-order valence-corrected chi connectivity index (χ3v) is 3.70. The molecule has 1 atom stereocenters. The lowest BCUT2D eigenvalue weighted by Gasteiger charge is -2.38. The van der Waals surface area contributed by atoms with Crippen molar-refractivity contribution in [2.75, 3.05) is 6.61 Å². The van der Waals surface area contributed by atoms with Crippen LogP contribution in [0, 0.1) is 17.3 Å². The lowest BCUT2D eigenvalue weighted by molar-refractivity contribution is -0.122. The van der Waals surface area contributed by atoms with Crippen molar-refractivity contribution in [3.63, 3.8) is 0 Å². The van der Waals surface area contributed by atoms with Crippen molar-refractivity contribution in [1.82, 2.24) is 0 Å². The normalized spacial score (nSPS) is 37.0. The number of aliphatic hydroxyl groups is 1. The first kappa shape index (κ1) is 10.7. The summed E-state index contributed by atoms with van der Waals surface area (Å²) in [5.74, 6) is 0.872. The van der Waals surface area contributed by atoms with Crippen molar-refractivity contribution in [3.8, 4) is 0 Å². The number of aliphatic hydroxyl groups excluding tert-OH is 1. The molecule has 0 amide bonds. The molecule has 0 heterocycles. The fourth-order valence-electron chi connectivity index (χ4n) is 2.21. The molecule has 0 bridgehead atoms. The quantitative estimate of drug-likeness (QED) is 0.681. The van der Waals surface area contributed by atoms with Crippen LogP contribution in [-0.2, 0) is 4.79 Å². The molecule has 0 spiro atoms. The van der Waals surface area contributed by atoms with Gasteiger partial charge in [-0.25, -0.2) is 0 Å². The van der Waals surface area contributed by atoms with E-state index in [1.54, 1.807) is 0 Å². The van der Waals surface area contributed by atoms with Gasteiger partial charge in [0.15, 0.2) is 0 Å². The Kier molecular flexibility index (Phi) is 3.48. The maximum atomic E-state index is 11.1. The Morgan fingerprint density at radius 3 is 2.46 bits per heavy atom. The Morgan fingerprint density at radius 1 is 1.54 bits per heavy atom. The Bertz CT molecular complexity index is 169. The van der Waals surface area contributed by atoms with E-state index in [2.05, 4.69) is 6.92 Å². The number of hydrogen-bond acceptors (Lipinski definition) is 2. The van der Waals surface area contributed by atoms with Gasteiger partial charge in [-0.15, -0.1) is 0 Å². The van der Waals surface area contributed by atoms with Crippen LogP contribution in [0.4, 0.5) is 0 Å². The molecule has 1 aliphatic carbocycles. The molecule has 0 saturated heterocycles. The third-order valence-electron chi connectivity index (χ3n) is 3.70. The zero-order valence-electron chi connectivity index (χ0n) is 8.62. The summed E-state index contributed by atoms with van der Waals surface area (Å²) >= 11 is 0. The summed E-state index contributed by atoms with van der Waals surface area (Å²) in [6, 6.07) is 0. The molecule has 1 aliphatic rings. The smallest absolute Gasteiger partial charge is 0.126 e. The van der Waals surface area contributed by atoms with Crippen LogP contribution in [0.3, 0.4) is 0 Å². The first-order valence-electron chi connectivity index (χ1n) is 5.22. The van der Waals surface area contributed by atoms with Gasteiger partial charge in [-0.05, 0) is 37.5 Å². The van der Waals surface area contributed by atoms with E-state index in [4.69, 9.17) is 5.11 Å². The highest BCUT2D eigenvalue weighted by molar-refractivity contribution is 5.60. The van der Waals surface area contributed by atoms with Gasteiger partial charge in [0, 0.05) is 12.0 Å². The lowest BCUT2D eigenvalue weighted by atomic mass is 9.65. The summed E-state index contributed by atoms with van der Waals surface area (Å²) in [6.07, 6.45) is 5.25. The van der Waals surface area contributed by atoms with Crippen LogP contribution in [0.25, 0.3) is 0 Å². The number of carbonyl (C=O) groups excluding carboxylic acids is 1. The fraction of sp³-hybridized carbons (Fsp3) is 0.909. The maximum absolute atomic E-state index is 11.1. The predicted octanol–water partition coefficient (Wildman–Crippen LogP) is 2.01. The molecular weight excluding hydrogens is 164 g/mol. The van der Waals surface area contributed by atoms with E-state index in [0.29, 0.717) is 0 Å². The Labute approximate surface area is 80.3 Å². The second-order valence-electron chi connectivity index (χ2n) is 4.62. The minimum absolute atomic E-state index is 0.123. The van der Waals surface area contributed by atoms with Crippen LogP contribution in [0.1, 0.15) is 39.5 Å². The molecule has 76 valence electrons. The molecule has 0 aromatic heterocycles. The first-order chi connectivity index (χ1) is 6.14. The molecule has 1 saturated carbocycles. The molecule has 0 aromatic carbocycles. The SMILES string of the molecule is CC1CCC(C=O)(C(C)CO)CC1. The van der Waals surface area contributed by atoms with Crippen molar-refractivity contribution in [2.45, 2.75) is 39.5 Å². The van der Waals surface area contributed by atoms with Gasteiger partial charge in [-0.2, -0.15) is 0 Å². The summed E-state index contributed by atoms with van der Waals surface area (Å²) in [6.45, 7) is 4.34. The zero-order valence-corrected chi connectivity index (χ0v) is 8.62. The van der Waals surface area contributed by atoms with Gasteiger partial charge in [-0.1, -0.05) is 13.8 Å². The van der Waals surface area contributed by atoms with Crippen LogP contribution < -0.4 is 0 Å². The molecule has 1 unspecified atom stereocenters. The van der Waals surface area contributed by atoms with Gasteiger partial charge in [-0.3, -0.25) is 0 Å². The van der Waals surface area contributed by atoms with Crippen LogP contribution in [0.5, 0.6) is 0 Å². The summed E-state index contributed by atoms with van der Waals surface area (Å²) in [4.78, 5) is 11.1. The Morgan fingerprint density at radius 2 is 2.08 bits per heavy atom. The first-order valence-corrected chi connectivity index (χ1v) is 5.22. The Hall–Kier alpha value is -0.370. The monoisotopic (exact) mass is 184 g/mol. The largest absolute Gasteiger partial charge is 0.396 e. The second kappa shape index (κ2) is 4.23. The second-order valence-corrected chi connectivity index (χ2v) is 4.62. The molecule has 1 fully saturated rings. The van der Waals surface area contributed by atoms with Gasteiger partial charge in [0.05, 0.1) is 0 Å². The fourth-order valence-corrected chi connectivity index (χ4v) is 2.21. The number of aldehydes is 1. The number of carbonyl (C=O) groups is 1. The van der Waals surface area contributed by atoms with Crippen LogP contribution in [0.2, 0.25) is 0 Å². The van der Waals surface area contributed by atoms with Crippen molar-refractivity contribution < 1.29 is 9.90 Å². The van der Waals surface area contributed by atoms with Crippen molar-refractivity contribution in [1.29, 1.82) is 0 Å². The van der Waals surface area contributed by atoms with E-state index in [1.807, 2.05) is 6.92 Å². The van der Waals surface area contributed by atoms with Gasteiger partial charge in [0.1, 0.15) is 6.29 Å². The number of hydrogen-bond donors (Lipinski definition) is 1. The standard InChI is InChI=1S/C11H20O2/c1-9-3-5-11(8-13,6-4-9)10(2)7-12/h8-10,12H,3-7H2,1-2H3. The van der Waals surface area contributed by atoms with E-state index in [9.17, 15) is 4.79 Å². The lowest BCUT2D eigenvalue weighted by Crippen LogP contribution is -2.36. The molecule has 0 aromatic rings. The average Bonchev–Trinajstić information content (AvgIpc) is 2.18. The zero-order chi connectivity index (χ0) is 9.90. The van der Waals surface area contributed by atoms with Gasteiger partial charge < -0.3 is 9.90 Å². The molecular formula is C11H20O2. The van der Waals surface area contributed by atoms with E-state index in [-0.39, 0.29) is 17.9 Å². The predicted molar refractivity (Wildman–Crippen MR) is 52.4 cm³/mol. The van der Waals surface area contributed by atoms with E-state index >= 15 is 0 Å². The van der Waals surface area contributed by atoms with E-state index < -0.39 is 0 Å². The number of rotatable bonds is 3. The van der Waals surface area contributed by atoms with Gasteiger partial charge >= 0.3 is 0 Å². The third kappa shape index (κ3) is 2.11. The van der Waals surface area contributed by atoms with Gasteiger partial charge in [0.25, 0.3) is 0 Å². The summed E-state index contributed by atoms with van der Waals surface area (Å²) in [5.41, 5.74) is -0.221. The minimum Gasteiger partial charge on any atom is -0.396 e. The van der Waals surface area contributed by atoms with E-state index in [0.717, 1.165) is 37.9 Å². The summed E-state index contributed by atoms with van der Waals surface area (Å²) < 4.78 is 0. The summed E-state index contributed by atoms with van der Waals surface area (Å²) in [7, 11) is 0. The topological polar surface area (TPSA) is 37.3 Å². The highest BCUT2D eigenvalue weighted by Crippen LogP contribution is 2.42.